The van der Waals surface area contributed by atoms with E-state index in [0.717, 1.165) is 18.8 Å². The molecule has 0 bridgehead atoms. The first-order chi connectivity index (χ1) is 10.3. The molecule has 1 aliphatic carbocycles. The summed E-state index contributed by atoms with van der Waals surface area (Å²) in [5.74, 6) is 0.924. The predicted molar refractivity (Wildman–Crippen MR) is 84.6 cm³/mol. The number of ether oxygens (including phenoxy) is 2. The number of benzene rings is 1. The fourth-order valence-electron chi connectivity index (χ4n) is 3.76. The van der Waals surface area contributed by atoms with Crippen molar-refractivity contribution >= 4 is 0 Å². The van der Waals surface area contributed by atoms with Gasteiger partial charge in [-0.15, -0.1) is 0 Å². The third-order valence-electron chi connectivity index (χ3n) is 4.94. The Morgan fingerprint density at radius 3 is 2.90 bits per heavy atom. The molecule has 2 fully saturated rings. The van der Waals surface area contributed by atoms with Crippen LogP contribution in [0.25, 0.3) is 0 Å². The maximum atomic E-state index is 6.39. The molecule has 1 aliphatic heterocycles. The number of rotatable bonds is 5. The largest absolute Gasteiger partial charge is 0.497 e. The van der Waals surface area contributed by atoms with E-state index in [-0.39, 0.29) is 5.60 Å². The minimum atomic E-state index is 0.237. The second kappa shape index (κ2) is 6.80. The van der Waals surface area contributed by atoms with Crippen molar-refractivity contribution in [2.45, 2.75) is 63.2 Å². The summed E-state index contributed by atoms with van der Waals surface area (Å²) in [7, 11) is 1.71. The first-order valence-electron chi connectivity index (χ1n) is 8.31. The Balaban J connectivity index is 1.43. The summed E-state index contributed by atoms with van der Waals surface area (Å²) < 4.78 is 11.6. The summed E-state index contributed by atoms with van der Waals surface area (Å²) in [6.45, 7) is 1.84. The zero-order valence-corrected chi connectivity index (χ0v) is 13.1. The SMILES string of the molecule is COc1cccc(CNCC2CCC3(CCCCC3)O2)c1. The van der Waals surface area contributed by atoms with Gasteiger partial charge in [-0.05, 0) is 43.4 Å². The molecule has 3 heteroatoms. The lowest BCUT2D eigenvalue weighted by molar-refractivity contribution is -0.0624. The average Bonchev–Trinajstić information content (AvgIpc) is 2.91. The summed E-state index contributed by atoms with van der Waals surface area (Å²) in [5, 5.41) is 3.54. The summed E-state index contributed by atoms with van der Waals surface area (Å²) >= 11 is 0. The van der Waals surface area contributed by atoms with E-state index in [4.69, 9.17) is 9.47 Å². The van der Waals surface area contributed by atoms with Gasteiger partial charge in [0.15, 0.2) is 0 Å². The van der Waals surface area contributed by atoms with Gasteiger partial charge in [0.25, 0.3) is 0 Å². The topological polar surface area (TPSA) is 30.5 Å². The first-order valence-corrected chi connectivity index (χ1v) is 8.31. The van der Waals surface area contributed by atoms with Crippen LogP contribution in [0, 0.1) is 0 Å². The van der Waals surface area contributed by atoms with Crippen LogP contribution in [-0.2, 0) is 11.3 Å². The van der Waals surface area contributed by atoms with Crippen LogP contribution >= 0.6 is 0 Å². The van der Waals surface area contributed by atoms with Gasteiger partial charge in [-0.25, -0.2) is 0 Å². The van der Waals surface area contributed by atoms with E-state index < -0.39 is 0 Å². The molecule has 1 aromatic carbocycles. The molecule has 3 nitrogen and oxygen atoms in total. The highest BCUT2D eigenvalue weighted by Crippen LogP contribution is 2.41. The minimum Gasteiger partial charge on any atom is -0.497 e. The monoisotopic (exact) mass is 289 g/mol. The van der Waals surface area contributed by atoms with E-state index in [1.165, 1.54) is 50.5 Å². The Labute approximate surface area is 128 Å². The van der Waals surface area contributed by atoms with Crippen LogP contribution in [-0.4, -0.2) is 25.4 Å². The van der Waals surface area contributed by atoms with Gasteiger partial charge in [0.1, 0.15) is 5.75 Å². The molecular weight excluding hydrogens is 262 g/mol. The Kier molecular flexibility index (Phi) is 4.81. The molecule has 1 saturated carbocycles. The van der Waals surface area contributed by atoms with Crippen molar-refractivity contribution in [1.82, 2.24) is 5.32 Å². The van der Waals surface area contributed by atoms with Gasteiger partial charge < -0.3 is 14.8 Å². The lowest BCUT2D eigenvalue weighted by atomic mass is 9.83. The van der Waals surface area contributed by atoms with Gasteiger partial charge in [0.05, 0.1) is 18.8 Å². The molecule has 1 spiro atoms. The summed E-state index contributed by atoms with van der Waals surface area (Å²) in [5.41, 5.74) is 1.50. The van der Waals surface area contributed by atoms with Crippen LogP contribution in [0.15, 0.2) is 24.3 Å². The molecule has 2 aliphatic rings. The molecule has 1 aromatic rings. The van der Waals surface area contributed by atoms with Crippen LogP contribution in [0.2, 0.25) is 0 Å². The van der Waals surface area contributed by atoms with Crippen LogP contribution in [0.5, 0.6) is 5.75 Å². The number of methoxy groups -OCH3 is 1. The van der Waals surface area contributed by atoms with Gasteiger partial charge >= 0.3 is 0 Å². The van der Waals surface area contributed by atoms with Gasteiger partial charge in [-0.3, -0.25) is 0 Å². The van der Waals surface area contributed by atoms with Crippen LogP contribution in [0.4, 0.5) is 0 Å². The van der Waals surface area contributed by atoms with E-state index in [2.05, 4.69) is 17.4 Å². The van der Waals surface area contributed by atoms with Crippen molar-refractivity contribution in [3.8, 4) is 5.75 Å². The summed E-state index contributed by atoms with van der Waals surface area (Å²) in [6, 6.07) is 8.24. The van der Waals surface area contributed by atoms with Gasteiger partial charge in [0.2, 0.25) is 0 Å². The number of nitrogens with one attached hydrogen (secondary N) is 1. The van der Waals surface area contributed by atoms with E-state index in [0.29, 0.717) is 6.10 Å². The molecule has 0 amide bonds. The average molecular weight is 289 g/mol. The second-order valence-corrected chi connectivity index (χ2v) is 6.50. The van der Waals surface area contributed by atoms with Gasteiger partial charge in [0, 0.05) is 13.1 Å². The minimum absolute atomic E-state index is 0.237. The highest BCUT2D eigenvalue weighted by molar-refractivity contribution is 5.28. The maximum Gasteiger partial charge on any atom is 0.119 e. The predicted octanol–water partition coefficient (Wildman–Crippen LogP) is 3.67. The molecule has 1 N–H and O–H groups in total. The molecule has 116 valence electrons. The number of hydrogen-bond donors (Lipinski definition) is 1. The third kappa shape index (κ3) is 3.78. The zero-order valence-electron chi connectivity index (χ0n) is 13.1. The molecule has 1 unspecified atom stereocenters. The highest BCUT2D eigenvalue weighted by Gasteiger charge is 2.40. The van der Waals surface area contributed by atoms with Gasteiger partial charge in [-0.2, -0.15) is 0 Å². The molecule has 0 radical (unpaired) electrons. The summed E-state index contributed by atoms with van der Waals surface area (Å²) in [6.07, 6.45) is 9.52. The molecule has 3 rings (SSSR count). The maximum absolute atomic E-state index is 6.39. The lowest BCUT2D eigenvalue weighted by Gasteiger charge is -2.33. The van der Waals surface area contributed by atoms with E-state index in [1.807, 2.05) is 12.1 Å². The van der Waals surface area contributed by atoms with Crippen LogP contribution in [0.1, 0.15) is 50.5 Å². The molecule has 21 heavy (non-hydrogen) atoms. The van der Waals surface area contributed by atoms with Crippen molar-refractivity contribution in [1.29, 1.82) is 0 Å². The molecule has 1 saturated heterocycles. The third-order valence-corrected chi connectivity index (χ3v) is 4.94. The first kappa shape index (κ1) is 14.9. The second-order valence-electron chi connectivity index (χ2n) is 6.50. The Hall–Kier alpha value is -1.06. The van der Waals surface area contributed by atoms with Crippen molar-refractivity contribution in [3.63, 3.8) is 0 Å². The highest BCUT2D eigenvalue weighted by atomic mass is 16.5. The van der Waals surface area contributed by atoms with Crippen molar-refractivity contribution in [3.05, 3.63) is 29.8 Å². The number of hydrogen-bond acceptors (Lipinski definition) is 3. The van der Waals surface area contributed by atoms with Crippen molar-refractivity contribution in [2.24, 2.45) is 0 Å². The van der Waals surface area contributed by atoms with Crippen LogP contribution < -0.4 is 10.1 Å². The summed E-state index contributed by atoms with van der Waals surface area (Å²) in [4.78, 5) is 0. The van der Waals surface area contributed by atoms with Crippen molar-refractivity contribution in [2.75, 3.05) is 13.7 Å². The van der Waals surface area contributed by atoms with E-state index in [9.17, 15) is 0 Å². The normalized spacial score (nSPS) is 24.3. The Morgan fingerprint density at radius 2 is 2.10 bits per heavy atom. The molecule has 0 aromatic heterocycles. The fourth-order valence-corrected chi connectivity index (χ4v) is 3.76. The van der Waals surface area contributed by atoms with Gasteiger partial charge in [-0.1, -0.05) is 31.4 Å². The lowest BCUT2D eigenvalue weighted by Crippen LogP contribution is -2.34. The molecular formula is C18H27NO2. The smallest absolute Gasteiger partial charge is 0.119 e. The molecule has 1 heterocycles. The zero-order chi connectivity index (χ0) is 14.5. The van der Waals surface area contributed by atoms with E-state index in [1.54, 1.807) is 7.11 Å². The van der Waals surface area contributed by atoms with Crippen molar-refractivity contribution < 1.29 is 9.47 Å². The van der Waals surface area contributed by atoms with Crippen LogP contribution in [0.3, 0.4) is 0 Å². The molecule has 1 atom stereocenters. The van der Waals surface area contributed by atoms with E-state index >= 15 is 0 Å². The Morgan fingerprint density at radius 1 is 1.24 bits per heavy atom. The standard InChI is InChI=1S/C18H27NO2/c1-20-16-7-5-6-15(12-16)13-19-14-17-8-11-18(21-17)9-3-2-4-10-18/h5-7,12,17,19H,2-4,8-11,13-14H2,1H3. The fraction of sp³-hybridized carbons (Fsp3) is 0.667. The quantitative estimate of drug-likeness (QED) is 0.897. The Bertz CT molecular complexity index is 454.